The van der Waals surface area contributed by atoms with Gasteiger partial charge in [-0.3, -0.25) is 4.79 Å². The van der Waals surface area contributed by atoms with E-state index in [0.29, 0.717) is 5.76 Å². The number of nitrogens with zero attached hydrogens (tertiary/aromatic N) is 1. The molecule has 0 bridgehead atoms. The van der Waals surface area contributed by atoms with Crippen LogP contribution >= 0.6 is 0 Å². The zero-order chi connectivity index (χ0) is 24.9. The van der Waals surface area contributed by atoms with Crippen LogP contribution in [0.2, 0.25) is 0 Å². The van der Waals surface area contributed by atoms with E-state index in [-0.39, 0.29) is 39.6 Å². The zero-order valence-corrected chi connectivity index (χ0v) is 22.0. The minimum absolute atomic E-state index is 0.00370. The molecule has 5 nitrogen and oxygen atoms in total. The molecule has 0 aromatic carbocycles. The summed E-state index contributed by atoms with van der Waals surface area (Å²) < 4.78 is 12.8. The maximum absolute atomic E-state index is 12.7. The highest BCUT2D eigenvalue weighted by atomic mass is 16.5. The summed E-state index contributed by atoms with van der Waals surface area (Å²) in [4.78, 5) is 12.7. The molecular weight excluding hydrogens is 426 g/mol. The van der Waals surface area contributed by atoms with E-state index in [9.17, 15) is 15.2 Å². The third-order valence-electron chi connectivity index (χ3n) is 11.4. The largest absolute Gasteiger partial charge is 0.497 e. The Hall–Kier alpha value is -1.96. The first kappa shape index (κ1) is 23.8. The van der Waals surface area contributed by atoms with E-state index in [1.165, 1.54) is 5.57 Å². The number of allylic oxidation sites excluding steroid dienone is 3. The summed E-state index contributed by atoms with van der Waals surface area (Å²) in [5, 5.41) is 20.2. The van der Waals surface area contributed by atoms with Gasteiger partial charge >= 0.3 is 5.97 Å². The number of hydrogen-bond donors (Lipinski definition) is 1. The van der Waals surface area contributed by atoms with Gasteiger partial charge in [-0.2, -0.15) is 5.26 Å². The van der Waals surface area contributed by atoms with Gasteiger partial charge in [0.25, 0.3) is 0 Å². The number of rotatable bonds is 1. The van der Waals surface area contributed by atoms with Crippen molar-refractivity contribution in [2.75, 3.05) is 0 Å². The fraction of sp³-hybridized carbons (Fsp3) is 0.793. The van der Waals surface area contributed by atoms with Crippen LogP contribution in [0.15, 0.2) is 23.7 Å². The molecule has 0 saturated heterocycles. The van der Waals surface area contributed by atoms with Crippen LogP contribution in [0.4, 0.5) is 0 Å². The average Bonchev–Trinajstić information content (AvgIpc) is 2.72. The monoisotopic (exact) mass is 467 g/mol. The van der Waals surface area contributed by atoms with Gasteiger partial charge in [0.1, 0.15) is 17.8 Å². The van der Waals surface area contributed by atoms with Crippen molar-refractivity contribution in [2.24, 2.45) is 38.9 Å². The van der Waals surface area contributed by atoms with E-state index in [2.05, 4.69) is 54.5 Å². The Morgan fingerprint density at radius 2 is 1.74 bits per heavy atom. The fourth-order valence-electron chi connectivity index (χ4n) is 9.22. The quantitative estimate of drug-likeness (QED) is 0.470. The van der Waals surface area contributed by atoms with Crippen molar-refractivity contribution in [1.82, 2.24) is 0 Å². The second-order valence-corrected chi connectivity index (χ2v) is 14.0. The highest BCUT2D eigenvalue weighted by molar-refractivity contribution is 5.76. The van der Waals surface area contributed by atoms with Crippen molar-refractivity contribution < 1.29 is 19.4 Å². The Kier molecular flexibility index (Phi) is 4.77. The van der Waals surface area contributed by atoms with Gasteiger partial charge in [-0.25, -0.2) is 0 Å². The van der Waals surface area contributed by atoms with Crippen LogP contribution in [0.5, 0.6) is 0 Å². The molecular formula is C29H41NO4. The van der Waals surface area contributed by atoms with Gasteiger partial charge in [0.2, 0.25) is 0 Å². The molecule has 3 saturated carbocycles. The number of hydrogen-bond acceptors (Lipinski definition) is 4. The Labute approximate surface area is 204 Å². The van der Waals surface area contributed by atoms with Gasteiger partial charge in [-0.15, -0.1) is 0 Å². The number of aliphatic carboxylic acids is 1. The van der Waals surface area contributed by atoms with E-state index in [1.807, 2.05) is 12.3 Å². The number of carbonyl (C=O) groups is 1. The molecule has 186 valence electrons. The minimum Gasteiger partial charge on any atom is -0.497 e. The summed E-state index contributed by atoms with van der Waals surface area (Å²) >= 11 is 0. The zero-order valence-electron chi connectivity index (χ0n) is 22.0. The molecule has 0 aromatic rings. The molecule has 2 aliphatic heterocycles. The summed E-state index contributed by atoms with van der Waals surface area (Å²) in [6.07, 6.45) is 10.1. The first-order valence-corrected chi connectivity index (χ1v) is 13.1. The number of carboxylic acids is 1. The lowest BCUT2D eigenvalue weighted by Crippen LogP contribution is -2.66. The smallest absolute Gasteiger partial charge is 0.310 e. The lowest BCUT2D eigenvalue weighted by Gasteiger charge is -2.68. The fourth-order valence-corrected chi connectivity index (χ4v) is 9.22. The van der Waals surface area contributed by atoms with Crippen LogP contribution in [0.1, 0.15) is 93.4 Å². The van der Waals surface area contributed by atoms with Crippen molar-refractivity contribution in [2.45, 2.75) is 105 Å². The third-order valence-corrected chi connectivity index (χ3v) is 11.4. The Morgan fingerprint density at radius 1 is 1.06 bits per heavy atom. The molecule has 3 fully saturated rings. The molecule has 7 atom stereocenters. The molecule has 5 rings (SSSR count). The molecule has 0 spiro atoms. The molecule has 0 radical (unpaired) electrons. The van der Waals surface area contributed by atoms with Crippen molar-refractivity contribution in [3.05, 3.63) is 23.7 Å². The second kappa shape index (κ2) is 6.83. The molecule has 0 aromatic heterocycles. The van der Waals surface area contributed by atoms with E-state index in [4.69, 9.17) is 9.47 Å². The predicted octanol–water partition coefficient (Wildman–Crippen LogP) is 6.61. The van der Waals surface area contributed by atoms with Gasteiger partial charge in [0, 0.05) is 28.1 Å². The predicted molar refractivity (Wildman–Crippen MR) is 129 cm³/mol. The lowest BCUT2D eigenvalue weighted by atomic mass is 9.38. The number of nitriles is 1. The molecule has 5 aliphatic rings. The third kappa shape index (κ3) is 2.80. The molecule has 1 unspecified atom stereocenters. The Balaban J connectivity index is 1.64. The highest BCUT2D eigenvalue weighted by Gasteiger charge is 2.70. The van der Waals surface area contributed by atoms with Gasteiger partial charge < -0.3 is 14.6 Å². The normalized spacial score (nSPS) is 48.1. The van der Waals surface area contributed by atoms with Crippen molar-refractivity contribution >= 4 is 5.97 Å². The van der Waals surface area contributed by atoms with Crippen LogP contribution in [0, 0.1) is 50.2 Å². The first-order valence-electron chi connectivity index (χ1n) is 13.1. The maximum Gasteiger partial charge on any atom is 0.310 e. The van der Waals surface area contributed by atoms with Crippen molar-refractivity contribution in [3.8, 4) is 6.07 Å². The number of fused-ring (bicyclic) bond motifs is 7. The number of ether oxygens (including phenoxy) is 2. The average molecular weight is 468 g/mol. The van der Waals surface area contributed by atoms with E-state index >= 15 is 0 Å². The molecule has 1 N–H and O–H groups in total. The maximum atomic E-state index is 12.7. The van der Waals surface area contributed by atoms with Crippen LogP contribution in [0.3, 0.4) is 0 Å². The van der Waals surface area contributed by atoms with Crippen molar-refractivity contribution in [3.63, 3.8) is 0 Å². The second-order valence-electron chi connectivity index (χ2n) is 14.0. The summed E-state index contributed by atoms with van der Waals surface area (Å²) in [5.74, 6) is 0.00487. The van der Waals surface area contributed by atoms with Gasteiger partial charge in [0.05, 0.1) is 11.7 Å². The number of carboxylic acid groups (broad SMARTS) is 1. The summed E-state index contributed by atoms with van der Waals surface area (Å²) in [6.45, 7) is 15.8. The summed E-state index contributed by atoms with van der Waals surface area (Å²) in [7, 11) is 0. The molecule has 2 heterocycles. The van der Waals surface area contributed by atoms with Gasteiger partial charge in [-0.1, -0.05) is 34.6 Å². The van der Waals surface area contributed by atoms with E-state index in [0.717, 1.165) is 44.9 Å². The summed E-state index contributed by atoms with van der Waals surface area (Å²) in [6, 6.07) is 2.26. The SMILES string of the molecule is CC1(C)CC[C@]2(C(=O)O)CC[C@]3(C)[C@H](OC=C4[C@@]5(C)C=C(C#N)OC(C)(C)C5CC[C@]43C)[C@H]2C1. The molecule has 3 aliphatic carbocycles. The van der Waals surface area contributed by atoms with E-state index < -0.39 is 17.0 Å². The van der Waals surface area contributed by atoms with Crippen LogP contribution in [-0.2, 0) is 14.3 Å². The minimum atomic E-state index is -0.683. The molecule has 0 amide bonds. The van der Waals surface area contributed by atoms with Gasteiger partial charge in [-0.05, 0) is 75.9 Å². The van der Waals surface area contributed by atoms with Crippen LogP contribution in [-0.4, -0.2) is 22.8 Å². The van der Waals surface area contributed by atoms with Crippen molar-refractivity contribution in [1.29, 1.82) is 5.26 Å². The topological polar surface area (TPSA) is 79.5 Å². The summed E-state index contributed by atoms with van der Waals surface area (Å²) in [5.41, 5.74) is -0.361. The standard InChI is InChI=1S/C29H41NO4/c1-24(2)10-12-29(23(31)32)13-11-28(7)22(19(29)15-24)33-17-21-26(5)14-18(16-30)34-25(3,4)20(26)8-9-27(21,28)6/h14,17,19-20,22H,8-13,15H2,1-7H3,(H,31,32)/t19-,20?,22-,26+,27-,28-,29+/m1/s1. The Morgan fingerprint density at radius 3 is 2.38 bits per heavy atom. The Bertz CT molecular complexity index is 1030. The molecule has 34 heavy (non-hydrogen) atoms. The highest BCUT2D eigenvalue weighted by Crippen LogP contribution is 2.72. The van der Waals surface area contributed by atoms with Gasteiger partial charge in [0.15, 0.2) is 5.76 Å². The van der Waals surface area contributed by atoms with Crippen LogP contribution in [0.25, 0.3) is 0 Å². The lowest BCUT2D eigenvalue weighted by molar-refractivity contribution is -0.217. The molecule has 5 heteroatoms. The first-order chi connectivity index (χ1) is 15.7. The van der Waals surface area contributed by atoms with Crippen LogP contribution < -0.4 is 0 Å². The van der Waals surface area contributed by atoms with E-state index in [1.54, 1.807) is 0 Å².